The molecule has 17 heavy (non-hydrogen) atoms. The lowest BCUT2D eigenvalue weighted by molar-refractivity contribution is 0.168. The van der Waals surface area contributed by atoms with Crippen LogP contribution in [0.25, 0.3) is 0 Å². The van der Waals surface area contributed by atoms with Crippen LogP contribution in [-0.2, 0) is 0 Å². The Morgan fingerprint density at radius 3 is 2.71 bits per heavy atom. The number of aromatic nitrogens is 2. The van der Waals surface area contributed by atoms with Crippen molar-refractivity contribution < 1.29 is 5.11 Å². The molecule has 1 aromatic rings. The van der Waals surface area contributed by atoms with E-state index in [9.17, 15) is 5.11 Å². The molecule has 2 N–H and O–H groups in total. The van der Waals surface area contributed by atoms with Gasteiger partial charge in [0.25, 0.3) is 0 Å². The van der Waals surface area contributed by atoms with Crippen LogP contribution in [0.2, 0.25) is 0 Å². The molecule has 0 aliphatic heterocycles. The van der Waals surface area contributed by atoms with E-state index in [1.54, 1.807) is 23.1 Å². The highest BCUT2D eigenvalue weighted by Crippen LogP contribution is 2.30. The number of aliphatic hydroxyl groups is 1. The van der Waals surface area contributed by atoms with Gasteiger partial charge in [-0.2, -0.15) is 0 Å². The van der Waals surface area contributed by atoms with Crippen molar-refractivity contribution in [3.63, 3.8) is 0 Å². The van der Waals surface area contributed by atoms with Crippen molar-refractivity contribution in [3.05, 3.63) is 5.01 Å². The Balaban J connectivity index is 2.50. The number of thioether (sulfide) groups is 1. The lowest BCUT2D eigenvalue weighted by Crippen LogP contribution is -2.47. The smallest absolute Gasteiger partial charge is 0.174 e. The first kappa shape index (κ1) is 14.9. The van der Waals surface area contributed by atoms with Crippen molar-refractivity contribution in [1.29, 1.82) is 0 Å². The number of nitrogens with zero attached hydrogens (tertiary/aromatic N) is 2. The number of nitrogens with one attached hydrogen (secondary N) is 1. The number of aryl methyl sites for hydroxylation is 1. The zero-order valence-corrected chi connectivity index (χ0v) is 12.5. The summed E-state index contributed by atoms with van der Waals surface area (Å²) in [7, 11) is 0. The fourth-order valence-corrected chi connectivity index (χ4v) is 4.14. The third-order valence-electron chi connectivity index (χ3n) is 2.50. The minimum Gasteiger partial charge on any atom is -0.394 e. The molecular formula is C11H21N3OS2. The summed E-state index contributed by atoms with van der Waals surface area (Å²) in [4.78, 5) is 0. The molecule has 2 atom stereocenters. The monoisotopic (exact) mass is 275 g/mol. The van der Waals surface area contributed by atoms with Gasteiger partial charge in [-0.15, -0.1) is 10.2 Å². The highest BCUT2D eigenvalue weighted by atomic mass is 32.2. The van der Waals surface area contributed by atoms with E-state index >= 15 is 0 Å². The molecule has 0 radical (unpaired) electrons. The first-order valence-electron chi connectivity index (χ1n) is 5.81. The molecule has 1 rings (SSSR count). The molecular weight excluding hydrogens is 254 g/mol. The van der Waals surface area contributed by atoms with Gasteiger partial charge in [-0.3, -0.25) is 0 Å². The molecule has 0 spiro atoms. The molecule has 0 saturated heterocycles. The van der Waals surface area contributed by atoms with Gasteiger partial charge >= 0.3 is 0 Å². The van der Waals surface area contributed by atoms with E-state index in [0.29, 0.717) is 5.25 Å². The minimum absolute atomic E-state index is 0.154. The van der Waals surface area contributed by atoms with Gasteiger partial charge in [0.1, 0.15) is 5.01 Å². The van der Waals surface area contributed by atoms with E-state index in [0.717, 1.165) is 22.3 Å². The van der Waals surface area contributed by atoms with Gasteiger partial charge in [-0.25, -0.2) is 0 Å². The summed E-state index contributed by atoms with van der Waals surface area (Å²) in [5.74, 6) is 0. The second kappa shape index (κ2) is 6.68. The average Bonchev–Trinajstić information content (AvgIpc) is 2.64. The van der Waals surface area contributed by atoms with Gasteiger partial charge in [0.2, 0.25) is 0 Å². The van der Waals surface area contributed by atoms with E-state index in [2.05, 4.69) is 36.3 Å². The molecule has 1 heterocycles. The van der Waals surface area contributed by atoms with Crippen LogP contribution in [0.5, 0.6) is 0 Å². The van der Waals surface area contributed by atoms with Gasteiger partial charge < -0.3 is 10.4 Å². The van der Waals surface area contributed by atoms with Crippen LogP contribution >= 0.6 is 23.1 Å². The SMILES string of the molecule is CCNC(C)(CO)CC(C)Sc1nnc(C)s1. The predicted octanol–water partition coefficient (Wildman–Crippen LogP) is 2.08. The van der Waals surface area contributed by atoms with Crippen molar-refractivity contribution in [2.45, 2.75) is 49.2 Å². The fourth-order valence-electron chi connectivity index (χ4n) is 1.79. The molecule has 0 aromatic carbocycles. The summed E-state index contributed by atoms with van der Waals surface area (Å²) in [6, 6.07) is 0. The predicted molar refractivity (Wildman–Crippen MR) is 73.7 cm³/mol. The van der Waals surface area contributed by atoms with Crippen LogP contribution in [-0.4, -0.2) is 39.2 Å². The highest BCUT2D eigenvalue weighted by molar-refractivity contribution is 8.01. The maximum atomic E-state index is 9.44. The molecule has 0 aliphatic carbocycles. The van der Waals surface area contributed by atoms with Crippen molar-refractivity contribution in [2.24, 2.45) is 0 Å². The largest absolute Gasteiger partial charge is 0.394 e. The fraction of sp³-hybridized carbons (Fsp3) is 0.818. The summed E-state index contributed by atoms with van der Waals surface area (Å²) in [6.45, 7) is 9.25. The Bertz CT molecular complexity index is 345. The molecule has 0 aliphatic rings. The Labute approximate surface area is 111 Å². The van der Waals surface area contributed by atoms with Gasteiger partial charge in [-0.05, 0) is 26.8 Å². The number of hydrogen-bond donors (Lipinski definition) is 2. The summed E-state index contributed by atoms with van der Waals surface area (Å²) < 4.78 is 1.01. The summed E-state index contributed by atoms with van der Waals surface area (Å²) in [5, 5.41) is 22.3. The standard InChI is InChI=1S/C11H21N3OS2/c1-5-12-11(4,7-15)6-8(2)16-10-14-13-9(3)17-10/h8,12,15H,5-7H2,1-4H3. The molecule has 2 unspecified atom stereocenters. The van der Waals surface area contributed by atoms with Crippen LogP contribution in [0, 0.1) is 6.92 Å². The number of likely N-dealkylation sites (N-methyl/N-ethyl adjacent to an activating group) is 1. The quantitative estimate of drug-likeness (QED) is 0.746. The molecule has 4 nitrogen and oxygen atoms in total. The van der Waals surface area contributed by atoms with Gasteiger partial charge in [-0.1, -0.05) is 36.9 Å². The van der Waals surface area contributed by atoms with Crippen LogP contribution < -0.4 is 5.32 Å². The maximum absolute atomic E-state index is 9.44. The minimum atomic E-state index is -0.207. The molecule has 0 fully saturated rings. The van der Waals surface area contributed by atoms with Gasteiger partial charge in [0, 0.05) is 10.8 Å². The number of rotatable bonds is 7. The first-order chi connectivity index (χ1) is 7.99. The second-order valence-corrected chi connectivity index (χ2v) is 7.34. The first-order valence-corrected chi connectivity index (χ1v) is 7.51. The summed E-state index contributed by atoms with van der Waals surface area (Å²) >= 11 is 3.35. The van der Waals surface area contributed by atoms with Crippen LogP contribution in [0.1, 0.15) is 32.2 Å². The Morgan fingerprint density at radius 1 is 1.53 bits per heavy atom. The summed E-state index contributed by atoms with van der Waals surface area (Å²) in [6.07, 6.45) is 0.903. The Kier molecular flexibility index (Phi) is 5.85. The number of aliphatic hydroxyl groups excluding tert-OH is 1. The molecule has 98 valence electrons. The van der Waals surface area contributed by atoms with Crippen LogP contribution in [0.15, 0.2) is 4.34 Å². The van der Waals surface area contributed by atoms with Crippen molar-refractivity contribution in [1.82, 2.24) is 15.5 Å². The normalized spacial score (nSPS) is 16.8. The molecule has 6 heteroatoms. The van der Waals surface area contributed by atoms with Crippen LogP contribution in [0.4, 0.5) is 0 Å². The van der Waals surface area contributed by atoms with Gasteiger partial charge in [0.05, 0.1) is 6.61 Å². The van der Waals surface area contributed by atoms with Crippen molar-refractivity contribution >= 4 is 23.1 Å². The molecule has 0 saturated carbocycles. The Morgan fingerprint density at radius 2 is 2.24 bits per heavy atom. The Hall–Kier alpha value is -0.170. The van der Waals surface area contributed by atoms with E-state index in [-0.39, 0.29) is 12.1 Å². The van der Waals surface area contributed by atoms with E-state index < -0.39 is 0 Å². The molecule has 0 amide bonds. The third-order valence-corrected chi connectivity index (χ3v) is 4.52. The zero-order valence-electron chi connectivity index (χ0n) is 10.9. The molecule has 0 bridgehead atoms. The summed E-state index contributed by atoms with van der Waals surface area (Å²) in [5.41, 5.74) is -0.207. The van der Waals surface area contributed by atoms with Crippen LogP contribution in [0.3, 0.4) is 0 Å². The van der Waals surface area contributed by atoms with E-state index in [4.69, 9.17) is 0 Å². The zero-order chi connectivity index (χ0) is 12.9. The van der Waals surface area contributed by atoms with E-state index in [1.165, 1.54) is 0 Å². The highest BCUT2D eigenvalue weighted by Gasteiger charge is 2.25. The molecule has 1 aromatic heterocycles. The van der Waals surface area contributed by atoms with E-state index in [1.807, 2.05) is 6.92 Å². The lowest BCUT2D eigenvalue weighted by atomic mass is 9.97. The lowest BCUT2D eigenvalue weighted by Gasteiger charge is -2.30. The second-order valence-electron chi connectivity index (χ2n) is 4.47. The average molecular weight is 275 g/mol. The third kappa shape index (κ3) is 4.91. The topological polar surface area (TPSA) is 58.0 Å². The van der Waals surface area contributed by atoms with Crippen molar-refractivity contribution in [3.8, 4) is 0 Å². The van der Waals surface area contributed by atoms with Crippen molar-refractivity contribution in [2.75, 3.05) is 13.2 Å². The number of hydrogen-bond acceptors (Lipinski definition) is 6. The van der Waals surface area contributed by atoms with Gasteiger partial charge in [0.15, 0.2) is 4.34 Å². The maximum Gasteiger partial charge on any atom is 0.174 e.